The number of furan rings is 4. The topological polar surface area (TPSA) is 85.5 Å². The highest BCUT2D eigenvalue weighted by molar-refractivity contribution is 6.19. The third-order valence-corrected chi connectivity index (χ3v) is 27.2. The Morgan fingerprint density at radius 1 is 0.301 bits per heavy atom. The van der Waals surface area contributed by atoms with Crippen LogP contribution in [0.25, 0.3) is 197 Å². The summed E-state index contributed by atoms with van der Waals surface area (Å²) in [5.41, 5.74) is 30.5. The number of pyridine rings is 4. The maximum atomic E-state index is 8.89. The number of benzene rings is 12. The van der Waals surface area contributed by atoms with Crippen molar-refractivity contribution < 1.29 is 53.8 Å². The Kier molecular flexibility index (Phi) is 23.6. The quantitative estimate of drug-likeness (QED) is 0.0671. The summed E-state index contributed by atoms with van der Waals surface area (Å²) in [6.07, 6.45) is 3.28. The fourth-order valence-corrected chi connectivity index (χ4v) is 19.3. The number of rotatable bonds is 17. The first-order valence-corrected chi connectivity index (χ1v) is 48.9. The van der Waals surface area contributed by atoms with E-state index in [9.17, 15) is 0 Å². The SMILES string of the molecule is [2H]c1c[n+](C)c(-c2c(C)ccc3c2oc2c(-c4ccc(C(C)C)cc4)c([N+]#[C-])ccc23)cc1C([2H])(C)C.[2H]c1c[n+](C)c(-c2c(C)ccc3c2oc2c(-c4ccc(C(C)C)cc4)c([N+]#[C-])ccc23)cc1C([2H])(C)C([2H])([2H])[2H].[2H]c1c[n+](C)c(-c2c(C)ccc3c2oc2c(-c4ccc(C(C)C)cc4)c([N+]#[C-])ccc23)cc1C([2H])([2H])C(C)(C)C.[2H]c1c[n+](C)c(-c2c(C)ccc3c2oc2c(-c4ccc(C(C)C)cc4)c([N+]#[C-])ccc23)cc1C([2H])([2H])C(C)C. The smallest absolute Gasteiger partial charge is 0.216 e. The third-order valence-electron chi connectivity index (χ3n) is 27.2. The molecule has 143 heavy (non-hydrogen) atoms. The van der Waals surface area contributed by atoms with E-state index >= 15 is 0 Å². The van der Waals surface area contributed by atoms with Crippen LogP contribution in [0, 0.1) is 65.3 Å². The molecule has 0 aliphatic carbocycles. The number of hydrogen-bond donors (Lipinski definition) is 0. The van der Waals surface area contributed by atoms with Gasteiger partial charge in [-0.05, 0) is 176 Å². The van der Waals surface area contributed by atoms with Gasteiger partial charge >= 0.3 is 0 Å². The van der Waals surface area contributed by atoms with Crippen LogP contribution in [0.4, 0.5) is 22.7 Å². The van der Waals surface area contributed by atoms with E-state index in [4.69, 9.17) is 61.8 Å². The lowest BCUT2D eigenvalue weighted by atomic mass is 9.87. The summed E-state index contributed by atoms with van der Waals surface area (Å²) < 4.78 is 144. The van der Waals surface area contributed by atoms with Crippen LogP contribution in [-0.4, -0.2) is 0 Å². The average molecular weight is 1890 g/mol. The Morgan fingerprint density at radius 3 is 0.769 bits per heavy atom. The fraction of sp³-hybridized carbons (Fsp3) is 0.267. The Balaban J connectivity index is 0.000000141. The molecule has 0 bridgehead atoms. The lowest BCUT2D eigenvalue weighted by molar-refractivity contribution is -0.660. The molecule has 8 aromatic heterocycles. The van der Waals surface area contributed by atoms with E-state index in [1.54, 1.807) is 54.6 Å². The molecule has 12 nitrogen and oxygen atoms in total. The maximum absolute atomic E-state index is 8.89. The van der Waals surface area contributed by atoms with Gasteiger partial charge in [0.25, 0.3) is 0 Å². The normalized spacial score (nSPS) is 13.8. The van der Waals surface area contributed by atoms with Crippen molar-refractivity contribution in [2.45, 2.75) is 194 Å². The summed E-state index contributed by atoms with van der Waals surface area (Å²) in [5.74, 6) is -1.53. The predicted octanol–water partition coefficient (Wildman–Crippen LogP) is 35.9. The second-order valence-corrected chi connectivity index (χ2v) is 40.5. The van der Waals surface area contributed by atoms with E-state index in [-0.39, 0.29) is 29.6 Å². The van der Waals surface area contributed by atoms with E-state index in [2.05, 4.69) is 203 Å². The van der Waals surface area contributed by atoms with Crippen LogP contribution in [0.5, 0.6) is 0 Å². The van der Waals surface area contributed by atoms with Crippen LogP contribution in [-0.2, 0) is 40.9 Å². The monoisotopic (exact) mass is 1890 g/mol. The summed E-state index contributed by atoms with van der Waals surface area (Å²) in [5, 5.41) is 7.41. The highest BCUT2D eigenvalue weighted by atomic mass is 16.3. The Hall–Kier alpha value is -15.6. The van der Waals surface area contributed by atoms with Gasteiger partial charge in [0.2, 0.25) is 22.8 Å². The van der Waals surface area contributed by atoms with E-state index in [1.807, 2.05) is 183 Å². The minimum atomic E-state index is -2.61. The van der Waals surface area contributed by atoms with Gasteiger partial charge < -0.3 is 17.7 Å². The van der Waals surface area contributed by atoms with Crippen molar-refractivity contribution in [2.24, 2.45) is 39.5 Å². The molecule has 0 aliphatic heterocycles. The van der Waals surface area contributed by atoms with Crippen LogP contribution in [0.1, 0.15) is 238 Å². The number of fused-ring (bicyclic) bond motifs is 12. The Morgan fingerprint density at radius 2 is 0.531 bits per heavy atom. The maximum Gasteiger partial charge on any atom is 0.216 e. The first kappa shape index (κ1) is 83.2. The van der Waals surface area contributed by atoms with E-state index < -0.39 is 36.8 Å². The van der Waals surface area contributed by atoms with Crippen molar-refractivity contribution in [3.05, 3.63) is 380 Å². The standard InChI is InChI=1S/C34H35N2O.C33H33N2O.2C32H31N2O/c1-21(2)24-10-12-25(13-11-24)31-28(35-7)16-15-27-26-14-9-22(3)30(32(26)37-33(27)31)29-19-23(17-18-36(29)8)20-34(4,5)6;1-20(2)18-23-16-17-35(7)29(19-23)30-22(5)8-13-26-27-14-15-28(34-6)31(33(27)36-32(26)30)25-11-9-24(10-12-25)21(3)4;2*1-19(2)22-9-11-23(12-10-22)30-27(33-6)15-14-26-25-13-8-21(5)29(31(25)35-32(26)30)28-18-24(20(3)4)16-17-34(28)7/h9-19,21H,20H2,1-6,8H3;8-17,19-21H,18H2,1-5,7H3;2*8-20H,1-5,7H3/q4*+1/i17D,20D2;16D,18D2;3D3,16D,20D;16D,20D. The average Bonchev–Trinajstić information content (AvgIpc) is 1.49. The summed E-state index contributed by atoms with van der Waals surface area (Å²) in [6, 6.07) is 72.7. The molecule has 0 saturated heterocycles. The summed E-state index contributed by atoms with van der Waals surface area (Å²) in [6.45, 7) is 68.3. The Bertz CT molecular complexity index is 8990. The fourth-order valence-electron chi connectivity index (χ4n) is 19.3. The molecular weight excluding hydrogens is 1750 g/mol. The molecule has 20 aromatic rings. The predicted molar refractivity (Wildman–Crippen MR) is 593 cm³/mol. The van der Waals surface area contributed by atoms with Gasteiger partial charge in [-0.2, -0.15) is 0 Å². The van der Waals surface area contributed by atoms with Crippen LogP contribution < -0.4 is 18.3 Å². The lowest BCUT2D eigenvalue weighted by Gasteiger charge is -2.18. The molecule has 0 spiro atoms. The van der Waals surface area contributed by atoms with Gasteiger partial charge in [0, 0.05) is 126 Å². The van der Waals surface area contributed by atoms with Gasteiger partial charge in [0.05, 0.1) is 54.0 Å². The van der Waals surface area contributed by atoms with Crippen LogP contribution in [0.2, 0.25) is 0 Å². The molecule has 1 unspecified atom stereocenters. The highest BCUT2D eigenvalue weighted by Gasteiger charge is 2.32. The molecular formula is C131H130N8O4+4. The van der Waals surface area contributed by atoms with Gasteiger partial charge in [-0.1, -0.05) is 312 Å². The summed E-state index contributed by atoms with van der Waals surface area (Å²) >= 11 is 0. The van der Waals surface area contributed by atoms with Crippen molar-refractivity contribution in [3.63, 3.8) is 0 Å². The second kappa shape index (κ2) is 40.5. The lowest BCUT2D eigenvalue weighted by Crippen LogP contribution is -2.31. The first-order chi connectivity index (χ1) is 73.5. The molecule has 8 heterocycles. The van der Waals surface area contributed by atoms with Gasteiger partial charge in [0.15, 0.2) is 47.5 Å². The molecule has 1 atom stereocenters. The molecule has 0 saturated carbocycles. The van der Waals surface area contributed by atoms with Gasteiger partial charge in [-0.15, -0.1) is 0 Å². The van der Waals surface area contributed by atoms with Crippen molar-refractivity contribution in [1.29, 1.82) is 0 Å². The van der Waals surface area contributed by atoms with Crippen molar-refractivity contribution in [2.75, 3.05) is 0 Å². The molecule has 0 aliphatic rings. The highest BCUT2D eigenvalue weighted by Crippen LogP contribution is 2.51. The first-order valence-electron chi connectivity index (χ1n) is 55.4. The summed E-state index contributed by atoms with van der Waals surface area (Å²) in [7, 11) is 7.48. The minimum Gasteiger partial charge on any atom is -0.456 e. The minimum absolute atomic E-state index is 0.0110. The molecule has 12 heteroatoms. The van der Waals surface area contributed by atoms with Crippen molar-refractivity contribution >= 4 is 111 Å². The van der Waals surface area contributed by atoms with E-state index in [1.165, 1.54) is 29.2 Å². The zero-order chi connectivity index (χ0) is 113. The molecule has 0 fully saturated rings. The molecule has 20 rings (SSSR count). The van der Waals surface area contributed by atoms with Gasteiger partial charge in [-0.25, -0.2) is 37.6 Å². The van der Waals surface area contributed by atoms with Gasteiger partial charge in [-0.3, -0.25) is 0 Å². The number of aryl methyl sites for hydroxylation is 8. The number of hydrogen-bond acceptors (Lipinski definition) is 4. The number of aromatic nitrogens is 4. The number of nitrogens with zero attached hydrogens (tertiary/aromatic N) is 8. The van der Waals surface area contributed by atoms with Crippen LogP contribution in [0.3, 0.4) is 0 Å². The molecule has 714 valence electrons. The zero-order valence-corrected chi connectivity index (χ0v) is 86.2. The largest absolute Gasteiger partial charge is 0.456 e. The van der Waals surface area contributed by atoms with E-state index in [0.717, 1.165) is 155 Å². The van der Waals surface area contributed by atoms with Crippen LogP contribution >= 0.6 is 0 Å². The zero-order valence-electron chi connectivity index (χ0n) is 99.2. The van der Waals surface area contributed by atoms with E-state index in [0.29, 0.717) is 114 Å². The third kappa shape index (κ3) is 19.4. The van der Waals surface area contributed by atoms with Crippen LogP contribution in [0.15, 0.2) is 285 Å². The molecule has 12 aromatic carbocycles. The van der Waals surface area contributed by atoms with Crippen molar-refractivity contribution in [3.8, 4) is 89.5 Å². The van der Waals surface area contributed by atoms with Crippen molar-refractivity contribution in [1.82, 2.24) is 0 Å². The molecule has 0 N–H and O–H groups in total. The molecule has 0 amide bonds. The summed E-state index contributed by atoms with van der Waals surface area (Å²) in [4.78, 5) is 15.3. The van der Waals surface area contributed by atoms with Gasteiger partial charge in [0.1, 0.15) is 72.9 Å². The molecule has 0 radical (unpaired) electrons. The Labute approximate surface area is 861 Å². The second-order valence-electron chi connectivity index (χ2n) is 40.5.